The van der Waals surface area contributed by atoms with Gasteiger partial charge in [-0.2, -0.15) is 11.3 Å². The molecule has 3 aromatic rings. The summed E-state index contributed by atoms with van der Waals surface area (Å²) in [5.41, 5.74) is 5.41. The second-order valence-corrected chi connectivity index (χ2v) is 7.34. The van der Waals surface area contributed by atoms with Crippen molar-refractivity contribution in [1.29, 1.82) is 0 Å². The molecule has 1 atom stereocenters. The largest absolute Gasteiger partial charge is 0.387 e. The summed E-state index contributed by atoms with van der Waals surface area (Å²) in [6.07, 6.45) is -0.894. The van der Waals surface area contributed by atoms with Gasteiger partial charge in [-0.05, 0) is 64.6 Å². The van der Waals surface area contributed by atoms with E-state index in [9.17, 15) is 14.7 Å². The van der Waals surface area contributed by atoms with E-state index in [0.29, 0.717) is 11.3 Å². The molecule has 0 fully saturated rings. The lowest BCUT2D eigenvalue weighted by Crippen LogP contribution is -2.37. The van der Waals surface area contributed by atoms with Crippen LogP contribution in [0.5, 0.6) is 0 Å². The Hall–Kier alpha value is -2.96. The number of rotatable bonds is 5. The highest BCUT2D eigenvalue weighted by molar-refractivity contribution is 7.08. The quantitative estimate of drug-likeness (QED) is 0.576. The first-order valence-electron chi connectivity index (χ1n) is 8.91. The van der Waals surface area contributed by atoms with Crippen LogP contribution in [0, 0.1) is 13.8 Å². The van der Waals surface area contributed by atoms with Crippen LogP contribution in [0.1, 0.15) is 22.8 Å². The highest BCUT2D eigenvalue weighted by Gasteiger charge is 2.17. The molecule has 3 N–H and O–H groups in total. The van der Waals surface area contributed by atoms with Crippen molar-refractivity contribution in [3.8, 4) is 11.1 Å². The molecular weight excluding hydrogens is 372 g/mol. The standard InChI is InChI=1S/C22H22N2O3S/c1-14-4-3-5-19(15(14)2)24-22(27)21(26)23-12-20(25)17-8-6-16(7-9-17)18-10-11-28-13-18/h3-11,13,20,25H,12H2,1-2H3,(H,23,26)(H,24,27). The van der Waals surface area contributed by atoms with Crippen LogP contribution in [-0.4, -0.2) is 23.5 Å². The topological polar surface area (TPSA) is 78.4 Å². The number of hydrogen-bond donors (Lipinski definition) is 3. The summed E-state index contributed by atoms with van der Waals surface area (Å²) in [4.78, 5) is 24.2. The van der Waals surface area contributed by atoms with E-state index in [1.807, 2.05) is 61.7 Å². The third-order valence-electron chi connectivity index (χ3n) is 4.66. The lowest BCUT2D eigenvalue weighted by Gasteiger charge is -2.14. The number of carbonyl (C=O) groups is 2. The van der Waals surface area contributed by atoms with Crippen LogP contribution in [0.3, 0.4) is 0 Å². The summed E-state index contributed by atoms with van der Waals surface area (Å²) < 4.78 is 0. The summed E-state index contributed by atoms with van der Waals surface area (Å²) in [5.74, 6) is -1.54. The lowest BCUT2D eigenvalue weighted by molar-refractivity contribution is -0.136. The number of benzene rings is 2. The van der Waals surface area contributed by atoms with Gasteiger partial charge in [0.05, 0.1) is 6.10 Å². The molecule has 0 aliphatic rings. The fraction of sp³-hybridized carbons (Fsp3) is 0.182. The van der Waals surface area contributed by atoms with Crippen LogP contribution in [-0.2, 0) is 9.59 Å². The highest BCUT2D eigenvalue weighted by Crippen LogP contribution is 2.24. The number of nitrogens with one attached hydrogen (secondary N) is 2. The van der Waals surface area contributed by atoms with Gasteiger partial charge in [-0.25, -0.2) is 0 Å². The number of amides is 2. The van der Waals surface area contributed by atoms with E-state index >= 15 is 0 Å². The third-order valence-corrected chi connectivity index (χ3v) is 5.35. The van der Waals surface area contributed by atoms with Crippen molar-refractivity contribution in [2.24, 2.45) is 0 Å². The van der Waals surface area contributed by atoms with Gasteiger partial charge in [0.25, 0.3) is 0 Å². The predicted octanol–water partition coefficient (Wildman–Crippen LogP) is 3.82. The number of hydrogen-bond acceptors (Lipinski definition) is 4. The molecule has 1 aromatic heterocycles. The molecule has 1 unspecified atom stereocenters. The second-order valence-electron chi connectivity index (χ2n) is 6.56. The van der Waals surface area contributed by atoms with Crippen molar-refractivity contribution in [3.05, 3.63) is 76.0 Å². The van der Waals surface area contributed by atoms with Crippen molar-refractivity contribution < 1.29 is 14.7 Å². The Morgan fingerprint density at radius 2 is 1.75 bits per heavy atom. The lowest BCUT2D eigenvalue weighted by atomic mass is 10.0. The minimum atomic E-state index is -0.894. The molecule has 0 aliphatic carbocycles. The fourth-order valence-electron chi connectivity index (χ4n) is 2.78. The van der Waals surface area contributed by atoms with E-state index in [2.05, 4.69) is 16.0 Å². The van der Waals surface area contributed by atoms with E-state index < -0.39 is 17.9 Å². The zero-order valence-corrected chi connectivity index (χ0v) is 16.5. The first-order valence-corrected chi connectivity index (χ1v) is 9.86. The zero-order chi connectivity index (χ0) is 20.1. The average molecular weight is 394 g/mol. The summed E-state index contributed by atoms with van der Waals surface area (Å²) in [5, 5.41) is 19.4. The fourth-order valence-corrected chi connectivity index (χ4v) is 3.44. The van der Waals surface area contributed by atoms with Crippen molar-refractivity contribution in [3.63, 3.8) is 0 Å². The molecule has 0 saturated heterocycles. The van der Waals surface area contributed by atoms with E-state index in [1.165, 1.54) is 0 Å². The molecule has 28 heavy (non-hydrogen) atoms. The molecule has 1 heterocycles. The number of thiophene rings is 1. The van der Waals surface area contributed by atoms with E-state index in [4.69, 9.17) is 0 Å². The smallest absolute Gasteiger partial charge is 0.313 e. The summed E-state index contributed by atoms with van der Waals surface area (Å²) >= 11 is 1.63. The van der Waals surface area contributed by atoms with Gasteiger partial charge in [0.15, 0.2) is 0 Å². The molecule has 2 amide bonds. The Kier molecular flexibility index (Phi) is 6.23. The second kappa shape index (κ2) is 8.82. The van der Waals surface area contributed by atoms with Crippen LogP contribution in [0.2, 0.25) is 0 Å². The van der Waals surface area contributed by atoms with Crippen LogP contribution in [0.15, 0.2) is 59.3 Å². The summed E-state index contributed by atoms with van der Waals surface area (Å²) in [6.45, 7) is 3.77. The van der Waals surface area contributed by atoms with Gasteiger partial charge in [0, 0.05) is 12.2 Å². The first kappa shape index (κ1) is 19.8. The van der Waals surface area contributed by atoms with Crippen LogP contribution < -0.4 is 10.6 Å². The number of carbonyl (C=O) groups excluding carboxylic acids is 2. The number of aliphatic hydroxyl groups excluding tert-OH is 1. The highest BCUT2D eigenvalue weighted by atomic mass is 32.1. The number of aliphatic hydroxyl groups is 1. The van der Waals surface area contributed by atoms with Gasteiger partial charge in [-0.3, -0.25) is 9.59 Å². The minimum Gasteiger partial charge on any atom is -0.387 e. The molecule has 0 radical (unpaired) electrons. The number of aryl methyl sites for hydroxylation is 1. The number of anilines is 1. The van der Waals surface area contributed by atoms with Crippen molar-refractivity contribution in [1.82, 2.24) is 5.32 Å². The summed E-state index contributed by atoms with van der Waals surface area (Å²) in [6, 6.07) is 15.0. The predicted molar refractivity (Wildman–Crippen MR) is 112 cm³/mol. The molecule has 144 valence electrons. The van der Waals surface area contributed by atoms with Crippen molar-refractivity contribution in [2.45, 2.75) is 20.0 Å². The Labute approximate surface area is 168 Å². The summed E-state index contributed by atoms with van der Waals surface area (Å²) in [7, 11) is 0. The van der Waals surface area contributed by atoms with Gasteiger partial charge < -0.3 is 15.7 Å². The molecule has 6 heteroatoms. The zero-order valence-electron chi connectivity index (χ0n) is 15.7. The average Bonchev–Trinajstić information content (AvgIpc) is 3.24. The minimum absolute atomic E-state index is 0.0448. The molecule has 0 saturated carbocycles. The van der Waals surface area contributed by atoms with Crippen molar-refractivity contribution in [2.75, 3.05) is 11.9 Å². The van der Waals surface area contributed by atoms with Gasteiger partial charge in [0.2, 0.25) is 0 Å². The molecule has 3 rings (SSSR count). The first-order chi connectivity index (χ1) is 13.5. The third kappa shape index (κ3) is 4.65. The van der Waals surface area contributed by atoms with Gasteiger partial charge in [0.1, 0.15) is 0 Å². The maximum Gasteiger partial charge on any atom is 0.313 e. The molecule has 5 nitrogen and oxygen atoms in total. The Morgan fingerprint density at radius 3 is 2.43 bits per heavy atom. The van der Waals surface area contributed by atoms with Gasteiger partial charge >= 0.3 is 11.8 Å². The van der Waals surface area contributed by atoms with Crippen LogP contribution >= 0.6 is 11.3 Å². The maximum atomic E-state index is 12.1. The van der Waals surface area contributed by atoms with Gasteiger partial charge in [-0.15, -0.1) is 0 Å². The molecule has 2 aromatic carbocycles. The SMILES string of the molecule is Cc1cccc(NC(=O)C(=O)NCC(O)c2ccc(-c3ccsc3)cc2)c1C. The molecule has 0 bridgehead atoms. The maximum absolute atomic E-state index is 12.1. The Morgan fingerprint density at radius 1 is 1.00 bits per heavy atom. The molecular formula is C22H22N2O3S. The van der Waals surface area contributed by atoms with Crippen LogP contribution in [0.25, 0.3) is 11.1 Å². The van der Waals surface area contributed by atoms with E-state index in [-0.39, 0.29) is 6.54 Å². The monoisotopic (exact) mass is 394 g/mol. The van der Waals surface area contributed by atoms with Crippen LogP contribution in [0.4, 0.5) is 5.69 Å². The Bertz CT molecular complexity index is 966. The normalized spacial score (nSPS) is 11.7. The van der Waals surface area contributed by atoms with Crippen molar-refractivity contribution >= 4 is 28.8 Å². The molecule has 0 aliphatic heterocycles. The van der Waals surface area contributed by atoms with E-state index in [0.717, 1.165) is 22.3 Å². The van der Waals surface area contributed by atoms with Gasteiger partial charge in [-0.1, -0.05) is 36.4 Å². The van der Waals surface area contributed by atoms with E-state index in [1.54, 1.807) is 17.4 Å². The molecule has 0 spiro atoms. The Balaban J connectivity index is 1.55.